The summed E-state index contributed by atoms with van der Waals surface area (Å²) < 4.78 is 0. The summed E-state index contributed by atoms with van der Waals surface area (Å²) in [5.74, 6) is -0.218. The molecule has 2 aromatic rings. The number of hydrogen-bond donors (Lipinski definition) is 1. The minimum atomic E-state index is -0.198. The predicted molar refractivity (Wildman–Crippen MR) is 69.6 cm³/mol. The fourth-order valence-electron chi connectivity index (χ4n) is 1.62. The van der Waals surface area contributed by atoms with Crippen molar-refractivity contribution >= 4 is 22.7 Å². The van der Waals surface area contributed by atoms with E-state index < -0.39 is 0 Å². The van der Waals surface area contributed by atoms with Crippen molar-refractivity contribution < 1.29 is 32.0 Å². The summed E-state index contributed by atoms with van der Waals surface area (Å²) in [6, 6.07) is 5.01. The smallest absolute Gasteiger partial charge is 0.352 e. The molecule has 0 radical (unpaired) electrons. The van der Waals surface area contributed by atoms with Crippen LogP contribution >= 0.6 is 0 Å². The van der Waals surface area contributed by atoms with Crippen LogP contribution in [0.2, 0.25) is 0 Å². The number of carbonyl (C=O) groups excluding carboxylic acids is 2. The quantitative estimate of drug-likeness (QED) is 0.466. The van der Waals surface area contributed by atoms with E-state index in [-0.39, 0.29) is 34.1 Å². The van der Waals surface area contributed by atoms with Gasteiger partial charge < -0.3 is 15.5 Å². The van der Waals surface area contributed by atoms with Crippen LogP contribution in [0.4, 0.5) is 0 Å². The van der Waals surface area contributed by atoms with Crippen molar-refractivity contribution in [3.8, 4) is 0 Å². The Hall–Kier alpha value is -1.76. The minimum Gasteiger partial charge on any atom is -0.352 e. The van der Waals surface area contributed by atoms with E-state index in [1.807, 2.05) is 0 Å². The maximum absolute atomic E-state index is 11.8. The molecule has 0 aliphatic heterocycles. The summed E-state index contributed by atoms with van der Waals surface area (Å²) >= 11 is 0. The molecule has 0 bridgehead atoms. The van der Waals surface area contributed by atoms with Gasteiger partial charge in [-0.15, -0.1) is 0 Å². The van der Waals surface area contributed by atoms with Gasteiger partial charge in [0.25, 0.3) is 5.91 Å². The van der Waals surface area contributed by atoms with Gasteiger partial charge in [0.2, 0.25) is 0 Å². The van der Waals surface area contributed by atoms with Crippen molar-refractivity contribution in [1.82, 2.24) is 20.7 Å². The molecule has 20 heavy (non-hydrogen) atoms. The van der Waals surface area contributed by atoms with Crippen LogP contribution in [0.25, 0.3) is 11.0 Å². The first-order valence-electron chi connectivity index (χ1n) is 5.90. The largest absolute Gasteiger partial charge is 1.00 e. The first-order valence-corrected chi connectivity index (χ1v) is 5.90. The Balaban J connectivity index is 0.00000200. The number of nitrogens with zero attached hydrogens (tertiary/aromatic N) is 3. The number of fused-ring (bicyclic) bond motifs is 1. The number of nitrogens with one attached hydrogen (secondary N) is 1. The van der Waals surface area contributed by atoms with E-state index in [9.17, 15) is 9.59 Å². The fraction of sp³-hybridized carbons (Fsp3) is 0.231. The maximum Gasteiger partial charge on any atom is 1.00 e. The van der Waals surface area contributed by atoms with Gasteiger partial charge in [0.05, 0.1) is 0 Å². The van der Waals surface area contributed by atoms with Crippen molar-refractivity contribution in [2.24, 2.45) is 0 Å². The summed E-state index contributed by atoms with van der Waals surface area (Å²) in [4.78, 5) is 22.8. The van der Waals surface area contributed by atoms with Crippen LogP contribution in [0, 0.1) is 0 Å². The molecule has 0 aliphatic rings. The zero-order chi connectivity index (χ0) is 13.7. The van der Waals surface area contributed by atoms with Crippen molar-refractivity contribution in [3.05, 3.63) is 36.4 Å². The summed E-state index contributed by atoms with van der Waals surface area (Å²) in [6.45, 7) is 3.84. The first-order chi connectivity index (χ1) is 9.20. The Kier molecular flexibility index (Phi) is 6.30. The van der Waals surface area contributed by atoms with Gasteiger partial charge >= 0.3 is 22.4 Å². The van der Waals surface area contributed by atoms with Crippen LogP contribution in [-0.2, 0) is 27.2 Å². The number of allylic oxidation sites excluding steroid dienone is 1. The van der Waals surface area contributed by atoms with E-state index in [4.69, 9.17) is 0 Å². The van der Waals surface area contributed by atoms with E-state index in [1.54, 1.807) is 18.2 Å². The van der Waals surface area contributed by atoms with E-state index in [0.29, 0.717) is 36.0 Å². The average molecular weight is 365 g/mol. The van der Waals surface area contributed by atoms with Crippen LogP contribution < -0.4 is 10.4 Å². The Morgan fingerprint density at radius 2 is 2.20 bits per heavy atom. The van der Waals surface area contributed by atoms with Gasteiger partial charge in [0.1, 0.15) is 0 Å². The second kappa shape index (κ2) is 7.74. The molecule has 0 saturated carbocycles. The molecule has 0 unspecified atom stereocenters. The molecule has 1 aromatic heterocycles. The zero-order valence-electron chi connectivity index (χ0n) is 10.6. The molecule has 1 amide bonds. The monoisotopic (exact) mass is 364 g/mol. The molecule has 7 heteroatoms. The van der Waals surface area contributed by atoms with E-state index in [0.717, 1.165) is 0 Å². The van der Waals surface area contributed by atoms with E-state index in [1.165, 1.54) is 6.08 Å². The third kappa shape index (κ3) is 4.12. The van der Waals surface area contributed by atoms with Crippen molar-refractivity contribution in [1.29, 1.82) is 0 Å². The molecule has 2 rings (SSSR count). The third-order valence-corrected chi connectivity index (χ3v) is 2.66. The van der Waals surface area contributed by atoms with Gasteiger partial charge in [-0.3, -0.25) is 14.8 Å². The molecule has 1 heterocycles. The summed E-state index contributed by atoms with van der Waals surface area (Å²) in [7, 11) is 0. The summed E-state index contributed by atoms with van der Waals surface area (Å²) in [6.07, 6.45) is 2.27. The number of amides is 1. The molecule has 0 saturated heterocycles. The van der Waals surface area contributed by atoms with Gasteiger partial charge in [0.15, 0.2) is 5.78 Å². The third-order valence-electron chi connectivity index (χ3n) is 2.66. The molecule has 6 nitrogen and oxygen atoms in total. The van der Waals surface area contributed by atoms with Crippen molar-refractivity contribution in [3.63, 3.8) is 0 Å². The molecule has 0 fully saturated rings. The molecule has 0 atom stereocenters. The van der Waals surface area contributed by atoms with Crippen LogP contribution in [0.3, 0.4) is 0 Å². The average Bonchev–Trinajstić information content (AvgIpc) is 2.90. The Morgan fingerprint density at radius 3 is 2.95 bits per heavy atom. The molecule has 108 valence electrons. The molecule has 1 N–H and O–H groups in total. The zero-order valence-corrected chi connectivity index (χ0v) is 12.1. The first kappa shape index (κ1) is 16.3. The number of rotatable bonds is 6. The number of carbonyl (C=O) groups is 2. The van der Waals surface area contributed by atoms with Gasteiger partial charge in [-0.25, -0.2) is 0 Å². The summed E-state index contributed by atoms with van der Waals surface area (Å²) in [5.41, 5.74) is 1.76. The molecular formula is C13H13AgN4O2. The summed E-state index contributed by atoms with van der Waals surface area (Å²) in [5, 5.41) is 13.8. The van der Waals surface area contributed by atoms with Crippen LogP contribution in [0.1, 0.15) is 23.2 Å². The predicted octanol–water partition coefficient (Wildman–Crippen LogP) is 0.850. The standard InChI is InChI=1S/C13H14N4O2.Ag/c1-2-10(18)4-3-7-14-13(19)9-5-6-11-12(8-9)16-17-15-11;/h2,5-6,8H,1,3-4,7H2,(H2,14,15,16,17,19);/q;+1/p-1. The van der Waals surface area contributed by atoms with E-state index in [2.05, 4.69) is 27.3 Å². The van der Waals surface area contributed by atoms with Crippen LogP contribution in [-0.4, -0.2) is 28.5 Å². The fourth-order valence-corrected chi connectivity index (χ4v) is 1.62. The van der Waals surface area contributed by atoms with Gasteiger partial charge in [0, 0.05) is 18.5 Å². The Bertz CT molecular complexity index is 624. The molecular weight excluding hydrogens is 352 g/mol. The van der Waals surface area contributed by atoms with Gasteiger partial charge in [-0.1, -0.05) is 12.6 Å². The number of aromatic nitrogens is 3. The SMILES string of the molecule is C=CC(=O)CCCNC(=O)c1ccc2[n-]nnc2c1.[Ag+]. The van der Waals surface area contributed by atoms with E-state index >= 15 is 0 Å². The number of ketones is 1. The Labute approximate surface area is 131 Å². The molecule has 0 spiro atoms. The normalized spacial score (nSPS) is 9.80. The minimum absolute atomic E-state index is 0. The Morgan fingerprint density at radius 1 is 1.40 bits per heavy atom. The van der Waals surface area contributed by atoms with Crippen LogP contribution in [0.15, 0.2) is 30.9 Å². The second-order valence-corrected chi connectivity index (χ2v) is 4.02. The van der Waals surface area contributed by atoms with Crippen LogP contribution in [0.5, 0.6) is 0 Å². The number of hydrogen-bond acceptors (Lipinski definition) is 4. The maximum atomic E-state index is 11.8. The van der Waals surface area contributed by atoms with Gasteiger partial charge in [-0.2, -0.15) is 0 Å². The van der Waals surface area contributed by atoms with Crippen molar-refractivity contribution in [2.75, 3.05) is 6.54 Å². The van der Waals surface area contributed by atoms with Gasteiger partial charge in [-0.05, 0) is 35.7 Å². The second-order valence-electron chi connectivity index (χ2n) is 4.02. The molecule has 0 aliphatic carbocycles. The number of benzene rings is 1. The van der Waals surface area contributed by atoms with Crippen molar-refractivity contribution in [2.45, 2.75) is 12.8 Å². The topological polar surface area (TPSA) is 86.0 Å². The molecule has 1 aromatic carbocycles.